The van der Waals surface area contributed by atoms with E-state index in [2.05, 4.69) is 37.1 Å². The second kappa shape index (κ2) is 6.19. The van der Waals surface area contributed by atoms with Crippen LogP contribution < -0.4 is 10.6 Å². The van der Waals surface area contributed by atoms with Gasteiger partial charge in [0.15, 0.2) is 5.82 Å². The van der Waals surface area contributed by atoms with Gasteiger partial charge in [0.05, 0.1) is 11.4 Å². The number of hydrogen-bond acceptors (Lipinski definition) is 4. The third kappa shape index (κ3) is 3.09. The number of aryl methyl sites for hydroxylation is 2. The summed E-state index contributed by atoms with van der Waals surface area (Å²) >= 11 is 1.88. The standard InChI is InChI=1S/C12H24N4S/c1-6-16-12(11(13)10(3)14-16)15(4)9(2)7-8-17-5/h9H,6-8,13H2,1-5H3. The lowest BCUT2D eigenvalue weighted by molar-refractivity contribution is 0.600. The Hall–Kier alpha value is -0.840. The summed E-state index contributed by atoms with van der Waals surface area (Å²) < 4.78 is 1.99. The summed E-state index contributed by atoms with van der Waals surface area (Å²) in [4.78, 5) is 2.25. The molecule has 1 unspecified atom stereocenters. The van der Waals surface area contributed by atoms with Gasteiger partial charge in [-0.25, -0.2) is 4.68 Å². The van der Waals surface area contributed by atoms with Crippen molar-refractivity contribution < 1.29 is 0 Å². The van der Waals surface area contributed by atoms with Gasteiger partial charge < -0.3 is 10.6 Å². The molecule has 0 aliphatic rings. The van der Waals surface area contributed by atoms with Gasteiger partial charge >= 0.3 is 0 Å². The van der Waals surface area contributed by atoms with Crippen molar-refractivity contribution >= 4 is 23.3 Å². The van der Waals surface area contributed by atoms with Crippen molar-refractivity contribution in [2.45, 2.75) is 39.8 Å². The molecule has 17 heavy (non-hydrogen) atoms. The van der Waals surface area contributed by atoms with E-state index in [9.17, 15) is 0 Å². The van der Waals surface area contributed by atoms with Gasteiger partial charge in [0.25, 0.3) is 0 Å². The van der Waals surface area contributed by atoms with E-state index < -0.39 is 0 Å². The number of rotatable bonds is 6. The molecule has 1 heterocycles. The highest BCUT2D eigenvalue weighted by Crippen LogP contribution is 2.27. The third-order valence-electron chi connectivity index (χ3n) is 3.18. The van der Waals surface area contributed by atoms with Gasteiger partial charge in [0.2, 0.25) is 0 Å². The van der Waals surface area contributed by atoms with Crippen LogP contribution in [0, 0.1) is 6.92 Å². The second-order valence-corrected chi connectivity index (χ2v) is 5.37. The Morgan fingerprint density at radius 2 is 2.18 bits per heavy atom. The molecule has 98 valence electrons. The van der Waals surface area contributed by atoms with Crippen molar-refractivity contribution in [1.82, 2.24) is 9.78 Å². The highest BCUT2D eigenvalue weighted by Gasteiger charge is 2.19. The van der Waals surface area contributed by atoms with E-state index in [0.717, 1.165) is 30.2 Å². The largest absolute Gasteiger partial charge is 0.394 e. The lowest BCUT2D eigenvalue weighted by Gasteiger charge is -2.27. The van der Waals surface area contributed by atoms with Crippen molar-refractivity contribution in [2.24, 2.45) is 0 Å². The van der Waals surface area contributed by atoms with Gasteiger partial charge in [-0.15, -0.1) is 0 Å². The summed E-state index contributed by atoms with van der Waals surface area (Å²) in [7, 11) is 2.10. The second-order valence-electron chi connectivity index (χ2n) is 4.38. The van der Waals surface area contributed by atoms with Crippen LogP contribution in [-0.2, 0) is 6.54 Å². The molecule has 0 aliphatic carbocycles. The van der Waals surface area contributed by atoms with E-state index in [1.54, 1.807) is 0 Å². The minimum Gasteiger partial charge on any atom is -0.394 e. The van der Waals surface area contributed by atoms with Crippen LogP contribution in [0.15, 0.2) is 0 Å². The quantitative estimate of drug-likeness (QED) is 0.849. The third-order valence-corrected chi connectivity index (χ3v) is 3.82. The van der Waals surface area contributed by atoms with Crippen molar-refractivity contribution in [1.29, 1.82) is 0 Å². The van der Waals surface area contributed by atoms with Crippen LogP contribution in [0.2, 0.25) is 0 Å². The van der Waals surface area contributed by atoms with Gasteiger partial charge in [0, 0.05) is 19.6 Å². The van der Waals surface area contributed by atoms with Crippen LogP contribution in [0.4, 0.5) is 11.5 Å². The van der Waals surface area contributed by atoms with E-state index in [0.29, 0.717) is 6.04 Å². The van der Waals surface area contributed by atoms with E-state index in [1.165, 1.54) is 5.75 Å². The molecule has 0 aromatic carbocycles. The van der Waals surface area contributed by atoms with Crippen LogP contribution in [0.3, 0.4) is 0 Å². The topological polar surface area (TPSA) is 47.1 Å². The Labute approximate surface area is 109 Å². The van der Waals surface area contributed by atoms with E-state index in [1.807, 2.05) is 23.4 Å². The fraction of sp³-hybridized carbons (Fsp3) is 0.750. The molecule has 0 aliphatic heterocycles. The fourth-order valence-corrected chi connectivity index (χ4v) is 2.44. The Bertz CT molecular complexity index is 362. The Morgan fingerprint density at radius 1 is 1.53 bits per heavy atom. The summed E-state index contributed by atoms with van der Waals surface area (Å²) in [5.74, 6) is 2.23. The number of nitrogens with two attached hydrogens (primary N) is 1. The molecule has 5 heteroatoms. The molecule has 1 rings (SSSR count). The molecule has 1 atom stereocenters. The smallest absolute Gasteiger partial charge is 0.150 e. The molecule has 0 fully saturated rings. The first kappa shape index (κ1) is 14.2. The maximum atomic E-state index is 6.12. The van der Waals surface area contributed by atoms with Gasteiger partial charge in [-0.2, -0.15) is 16.9 Å². The first-order chi connectivity index (χ1) is 8.02. The number of nitrogen functional groups attached to an aromatic ring is 1. The lowest BCUT2D eigenvalue weighted by atomic mass is 10.2. The normalized spacial score (nSPS) is 12.8. The van der Waals surface area contributed by atoms with Gasteiger partial charge in [-0.1, -0.05) is 0 Å². The summed E-state index contributed by atoms with van der Waals surface area (Å²) in [5, 5.41) is 4.46. The van der Waals surface area contributed by atoms with Crippen molar-refractivity contribution in [3.8, 4) is 0 Å². The van der Waals surface area contributed by atoms with Crippen molar-refractivity contribution in [2.75, 3.05) is 29.7 Å². The van der Waals surface area contributed by atoms with Crippen LogP contribution >= 0.6 is 11.8 Å². The van der Waals surface area contributed by atoms with Gasteiger partial charge in [0.1, 0.15) is 0 Å². The first-order valence-corrected chi connectivity index (χ1v) is 7.46. The Morgan fingerprint density at radius 3 is 2.71 bits per heavy atom. The highest BCUT2D eigenvalue weighted by atomic mass is 32.2. The predicted octanol–water partition coefficient (Wildman–Crippen LogP) is 2.37. The molecule has 0 bridgehead atoms. The molecule has 4 nitrogen and oxygen atoms in total. The number of thioether (sulfide) groups is 1. The number of anilines is 2. The van der Waals surface area contributed by atoms with Crippen LogP contribution in [0.1, 0.15) is 26.0 Å². The number of nitrogens with zero attached hydrogens (tertiary/aromatic N) is 3. The van der Waals surface area contributed by atoms with Crippen molar-refractivity contribution in [3.05, 3.63) is 5.69 Å². The number of hydrogen-bond donors (Lipinski definition) is 1. The molecular formula is C12H24N4S. The minimum absolute atomic E-state index is 0.478. The van der Waals surface area contributed by atoms with Crippen LogP contribution in [0.25, 0.3) is 0 Å². The Balaban J connectivity index is 2.90. The summed E-state index contributed by atoms with van der Waals surface area (Å²) in [6, 6.07) is 0.478. The zero-order valence-electron chi connectivity index (χ0n) is 11.5. The van der Waals surface area contributed by atoms with E-state index >= 15 is 0 Å². The molecule has 1 aromatic heterocycles. The highest BCUT2D eigenvalue weighted by molar-refractivity contribution is 7.98. The lowest BCUT2D eigenvalue weighted by Crippen LogP contribution is -2.31. The zero-order chi connectivity index (χ0) is 13.0. The average molecular weight is 256 g/mol. The predicted molar refractivity (Wildman–Crippen MR) is 77.9 cm³/mol. The summed E-state index contributed by atoms with van der Waals surface area (Å²) in [6.07, 6.45) is 3.30. The molecule has 0 amide bonds. The molecule has 2 N–H and O–H groups in total. The average Bonchev–Trinajstić information content (AvgIpc) is 2.61. The monoisotopic (exact) mass is 256 g/mol. The SMILES string of the molecule is CCn1nc(C)c(N)c1N(C)C(C)CCSC. The Kier molecular flexibility index (Phi) is 5.18. The maximum absolute atomic E-state index is 6.12. The van der Waals surface area contributed by atoms with Gasteiger partial charge in [-0.3, -0.25) is 0 Å². The summed E-state index contributed by atoms with van der Waals surface area (Å²) in [6.45, 7) is 7.14. The molecule has 1 aromatic rings. The minimum atomic E-state index is 0.478. The summed E-state index contributed by atoms with van der Waals surface area (Å²) in [5.41, 5.74) is 7.85. The first-order valence-electron chi connectivity index (χ1n) is 6.07. The number of aromatic nitrogens is 2. The fourth-order valence-electron chi connectivity index (χ4n) is 1.87. The molecule has 0 radical (unpaired) electrons. The van der Waals surface area contributed by atoms with E-state index in [4.69, 9.17) is 5.73 Å². The van der Waals surface area contributed by atoms with Crippen LogP contribution in [0.5, 0.6) is 0 Å². The molecule has 0 saturated carbocycles. The molecular weight excluding hydrogens is 232 g/mol. The molecule has 0 spiro atoms. The van der Waals surface area contributed by atoms with E-state index in [-0.39, 0.29) is 0 Å². The molecule has 0 saturated heterocycles. The van der Waals surface area contributed by atoms with Crippen LogP contribution in [-0.4, -0.2) is 34.9 Å². The van der Waals surface area contributed by atoms with Gasteiger partial charge in [-0.05, 0) is 39.2 Å². The zero-order valence-corrected chi connectivity index (χ0v) is 12.3. The maximum Gasteiger partial charge on any atom is 0.150 e. The van der Waals surface area contributed by atoms with Crippen molar-refractivity contribution in [3.63, 3.8) is 0 Å².